The molecule has 1 aromatic heterocycles. The summed E-state index contributed by atoms with van der Waals surface area (Å²) < 4.78 is 28.1. The van der Waals surface area contributed by atoms with E-state index < -0.39 is 10.0 Å². The van der Waals surface area contributed by atoms with Crippen LogP contribution in [-0.2, 0) is 16.4 Å². The molecule has 152 valence electrons. The average molecular weight is 492 g/mol. The van der Waals surface area contributed by atoms with Crippen molar-refractivity contribution in [3.8, 4) is 0 Å². The van der Waals surface area contributed by atoms with Gasteiger partial charge >= 0.3 is 0 Å². The van der Waals surface area contributed by atoms with Gasteiger partial charge in [0.2, 0.25) is 10.0 Å². The first-order valence-electron chi connectivity index (χ1n) is 9.43. The predicted molar refractivity (Wildman–Crippen MR) is 121 cm³/mol. The molecule has 5 nitrogen and oxygen atoms in total. The summed E-state index contributed by atoms with van der Waals surface area (Å²) in [5, 5.41) is 3.07. The summed E-state index contributed by atoms with van der Waals surface area (Å²) in [5.74, 6) is 0. The second kappa shape index (κ2) is 8.55. The second-order valence-corrected chi connectivity index (χ2v) is 10.8. The molecule has 2 aromatic carbocycles. The number of benzene rings is 2. The van der Waals surface area contributed by atoms with Crippen molar-refractivity contribution < 1.29 is 8.42 Å². The van der Waals surface area contributed by atoms with Gasteiger partial charge in [-0.25, -0.2) is 13.4 Å². The highest BCUT2D eigenvalue weighted by molar-refractivity contribution is 9.10. The van der Waals surface area contributed by atoms with Crippen molar-refractivity contribution >= 4 is 42.4 Å². The highest BCUT2D eigenvalue weighted by Gasteiger charge is 2.29. The third kappa shape index (κ3) is 4.55. The lowest BCUT2D eigenvalue weighted by Gasteiger charge is -2.33. The maximum absolute atomic E-state index is 12.9. The molecule has 1 aliphatic rings. The minimum absolute atomic E-state index is 0.329. The molecule has 1 fully saturated rings. The Balaban J connectivity index is 1.41. The van der Waals surface area contributed by atoms with Crippen molar-refractivity contribution in [3.63, 3.8) is 0 Å². The van der Waals surface area contributed by atoms with Crippen molar-refractivity contribution in [2.75, 3.05) is 31.1 Å². The molecule has 0 amide bonds. The van der Waals surface area contributed by atoms with Gasteiger partial charge < -0.3 is 4.90 Å². The van der Waals surface area contributed by atoms with Crippen LogP contribution in [0.2, 0.25) is 0 Å². The van der Waals surface area contributed by atoms with E-state index in [9.17, 15) is 8.42 Å². The van der Waals surface area contributed by atoms with Crippen LogP contribution in [0.25, 0.3) is 0 Å². The third-order valence-electron chi connectivity index (χ3n) is 5.12. The zero-order chi connectivity index (χ0) is 20.4. The zero-order valence-corrected chi connectivity index (χ0v) is 19.3. The number of anilines is 1. The largest absolute Gasteiger partial charge is 0.345 e. The molecule has 0 spiro atoms. The Kier molecular flexibility index (Phi) is 6.06. The molecule has 1 saturated heterocycles. The Bertz CT molecular complexity index is 1110. The second-order valence-electron chi connectivity index (χ2n) is 7.07. The molecule has 0 bridgehead atoms. The molecule has 1 aliphatic heterocycles. The van der Waals surface area contributed by atoms with Crippen molar-refractivity contribution in [3.05, 3.63) is 75.2 Å². The smallest absolute Gasteiger partial charge is 0.243 e. The molecule has 0 N–H and O–H groups in total. The fourth-order valence-corrected chi connectivity index (χ4v) is 6.32. The third-order valence-corrected chi connectivity index (χ3v) is 8.45. The first kappa shape index (κ1) is 20.5. The van der Waals surface area contributed by atoms with Gasteiger partial charge in [0.25, 0.3) is 0 Å². The summed E-state index contributed by atoms with van der Waals surface area (Å²) in [6, 6.07) is 15.2. The standard InChI is InChI=1S/C21H22BrN3O2S2/c1-16-5-2-3-6-17(16)13-19-15-28-21(23-19)24-9-11-25(12-10-24)29(26,27)20-8-4-7-18(22)14-20/h2-8,14-15H,9-13H2,1H3. The van der Waals surface area contributed by atoms with Crippen LogP contribution >= 0.6 is 27.3 Å². The number of sulfonamides is 1. The van der Waals surface area contributed by atoms with Gasteiger partial charge in [0.05, 0.1) is 10.6 Å². The Morgan fingerprint density at radius 1 is 1.07 bits per heavy atom. The number of piperazine rings is 1. The summed E-state index contributed by atoms with van der Waals surface area (Å²) in [5.41, 5.74) is 3.62. The van der Waals surface area contributed by atoms with E-state index in [-0.39, 0.29) is 0 Å². The molecule has 3 aromatic rings. The Hall–Kier alpha value is -1.74. The number of hydrogen-bond acceptors (Lipinski definition) is 5. The first-order chi connectivity index (χ1) is 13.9. The average Bonchev–Trinajstić information content (AvgIpc) is 3.18. The highest BCUT2D eigenvalue weighted by Crippen LogP contribution is 2.26. The maximum Gasteiger partial charge on any atom is 0.243 e. The molecule has 2 heterocycles. The number of nitrogens with zero attached hydrogens (tertiary/aromatic N) is 3. The molecule has 0 unspecified atom stereocenters. The predicted octanol–water partition coefficient (Wildman–Crippen LogP) is 4.32. The minimum Gasteiger partial charge on any atom is -0.345 e. The molecule has 0 aliphatic carbocycles. The summed E-state index contributed by atoms with van der Waals surface area (Å²) in [7, 11) is -3.47. The van der Waals surface area contributed by atoms with E-state index in [1.54, 1.807) is 33.8 Å². The van der Waals surface area contributed by atoms with Crippen LogP contribution in [-0.4, -0.2) is 43.9 Å². The molecule has 0 saturated carbocycles. The van der Waals surface area contributed by atoms with Gasteiger partial charge in [0, 0.05) is 42.5 Å². The Labute approximate surface area is 184 Å². The maximum atomic E-state index is 12.9. The van der Waals surface area contributed by atoms with E-state index in [4.69, 9.17) is 4.98 Å². The summed E-state index contributed by atoms with van der Waals surface area (Å²) >= 11 is 4.98. The molecule has 29 heavy (non-hydrogen) atoms. The van der Waals surface area contributed by atoms with Gasteiger partial charge in [-0.1, -0.05) is 46.3 Å². The molecule has 4 rings (SSSR count). The van der Waals surface area contributed by atoms with Crippen LogP contribution in [0.5, 0.6) is 0 Å². The monoisotopic (exact) mass is 491 g/mol. The fourth-order valence-electron chi connectivity index (χ4n) is 3.42. The number of aromatic nitrogens is 1. The van der Waals surface area contributed by atoms with Crippen molar-refractivity contribution in [2.24, 2.45) is 0 Å². The minimum atomic E-state index is -3.47. The van der Waals surface area contributed by atoms with Gasteiger partial charge in [-0.05, 0) is 36.2 Å². The van der Waals surface area contributed by atoms with E-state index in [0.717, 1.165) is 21.7 Å². The van der Waals surface area contributed by atoms with E-state index in [2.05, 4.69) is 51.3 Å². The van der Waals surface area contributed by atoms with Gasteiger partial charge in [0.1, 0.15) is 0 Å². The van der Waals surface area contributed by atoms with E-state index in [1.807, 2.05) is 12.1 Å². The topological polar surface area (TPSA) is 53.5 Å². The van der Waals surface area contributed by atoms with Crippen LogP contribution in [0.15, 0.2) is 63.3 Å². The fraction of sp³-hybridized carbons (Fsp3) is 0.286. The van der Waals surface area contributed by atoms with Crippen LogP contribution in [0.3, 0.4) is 0 Å². The van der Waals surface area contributed by atoms with Gasteiger partial charge in [-0.3, -0.25) is 0 Å². The van der Waals surface area contributed by atoms with Crippen molar-refractivity contribution in [2.45, 2.75) is 18.2 Å². The molecular weight excluding hydrogens is 470 g/mol. The van der Waals surface area contributed by atoms with E-state index in [0.29, 0.717) is 31.1 Å². The van der Waals surface area contributed by atoms with Crippen LogP contribution in [0.1, 0.15) is 16.8 Å². The zero-order valence-electron chi connectivity index (χ0n) is 16.1. The number of aryl methyl sites for hydroxylation is 1. The van der Waals surface area contributed by atoms with Gasteiger partial charge in [-0.15, -0.1) is 11.3 Å². The quantitative estimate of drug-likeness (QED) is 0.533. The summed E-state index contributed by atoms with van der Waals surface area (Å²) in [6.07, 6.45) is 0.820. The SMILES string of the molecule is Cc1ccccc1Cc1csc(N2CCN(S(=O)(=O)c3cccc(Br)c3)CC2)n1. The summed E-state index contributed by atoms with van der Waals surface area (Å²) in [4.78, 5) is 7.31. The van der Waals surface area contributed by atoms with Crippen molar-refractivity contribution in [1.82, 2.24) is 9.29 Å². The van der Waals surface area contributed by atoms with Crippen molar-refractivity contribution in [1.29, 1.82) is 0 Å². The lowest BCUT2D eigenvalue weighted by Crippen LogP contribution is -2.48. The van der Waals surface area contributed by atoms with E-state index >= 15 is 0 Å². The van der Waals surface area contributed by atoms with Crippen LogP contribution < -0.4 is 4.90 Å². The number of thiazole rings is 1. The molecular formula is C21H22BrN3O2S2. The lowest BCUT2D eigenvalue weighted by molar-refractivity contribution is 0.384. The number of halogens is 1. The van der Waals surface area contributed by atoms with Crippen LogP contribution in [0.4, 0.5) is 5.13 Å². The summed E-state index contributed by atoms with van der Waals surface area (Å²) in [6.45, 7) is 4.33. The molecule has 8 heteroatoms. The Morgan fingerprint density at radius 2 is 1.83 bits per heavy atom. The van der Waals surface area contributed by atoms with Gasteiger partial charge in [-0.2, -0.15) is 4.31 Å². The lowest BCUT2D eigenvalue weighted by atomic mass is 10.1. The first-order valence-corrected chi connectivity index (χ1v) is 12.5. The van der Waals surface area contributed by atoms with Gasteiger partial charge in [0.15, 0.2) is 5.13 Å². The molecule has 0 radical (unpaired) electrons. The normalized spacial score (nSPS) is 15.6. The highest BCUT2D eigenvalue weighted by atomic mass is 79.9. The number of rotatable bonds is 5. The molecule has 0 atom stereocenters. The Morgan fingerprint density at radius 3 is 2.55 bits per heavy atom. The number of hydrogen-bond donors (Lipinski definition) is 0. The van der Waals surface area contributed by atoms with E-state index in [1.165, 1.54) is 11.1 Å². The van der Waals surface area contributed by atoms with Crippen LogP contribution in [0, 0.1) is 6.92 Å².